The van der Waals surface area contributed by atoms with E-state index < -0.39 is 15.4 Å². The maximum atomic E-state index is 13.1. The lowest BCUT2D eigenvalue weighted by molar-refractivity contribution is -0.141. The zero-order valence-corrected chi connectivity index (χ0v) is 17.1. The van der Waals surface area contributed by atoms with Gasteiger partial charge >= 0.3 is 0 Å². The van der Waals surface area contributed by atoms with Crippen molar-refractivity contribution in [1.29, 1.82) is 0 Å². The van der Waals surface area contributed by atoms with Crippen LogP contribution in [0.3, 0.4) is 0 Å². The molecule has 0 N–H and O–H groups in total. The highest BCUT2D eigenvalue weighted by atomic mass is 32.2. The fourth-order valence-electron chi connectivity index (χ4n) is 5.59. The van der Waals surface area contributed by atoms with Crippen LogP contribution in [-0.4, -0.2) is 80.4 Å². The molecule has 3 fully saturated rings. The highest BCUT2D eigenvalue weighted by molar-refractivity contribution is 7.89. The zero-order valence-electron chi connectivity index (χ0n) is 16.3. The minimum atomic E-state index is -3.17. The quantitative estimate of drug-likeness (QED) is 0.719. The molecule has 1 aliphatic carbocycles. The van der Waals surface area contributed by atoms with Crippen molar-refractivity contribution in [1.82, 2.24) is 14.1 Å². The second-order valence-electron chi connectivity index (χ2n) is 8.47. The average molecular weight is 386 g/mol. The van der Waals surface area contributed by atoms with Crippen molar-refractivity contribution >= 4 is 21.8 Å². The Labute approximate surface area is 156 Å². The number of amides is 2. The van der Waals surface area contributed by atoms with Crippen LogP contribution in [0.4, 0.5) is 0 Å². The Balaban J connectivity index is 1.87. The molecule has 0 aromatic heterocycles. The molecular weight excluding hydrogens is 354 g/mol. The predicted octanol–water partition coefficient (Wildman–Crippen LogP) is 0.765. The Morgan fingerprint density at radius 3 is 2.23 bits per heavy atom. The van der Waals surface area contributed by atoms with Gasteiger partial charge in [-0.1, -0.05) is 0 Å². The average Bonchev–Trinajstić information content (AvgIpc) is 3.12. The Hall–Kier alpha value is -1.15. The molecule has 8 heteroatoms. The van der Waals surface area contributed by atoms with E-state index in [-0.39, 0.29) is 28.9 Å². The van der Waals surface area contributed by atoms with Crippen LogP contribution in [0.25, 0.3) is 0 Å². The normalized spacial score (nSPS) is 31.2. The number of hydrogen-bond donors (Lipinski definition) is 0. The lowest BCUT2D eigenvalue weighted by atomic mass is 9.66. The van der Waals surface area contributed by atoms with E-state index in [1.54, 1.807) is 37.1 Å². The van der Waals surface area contributed by atoms with Crippen molar-refractivity contribution in [3.05, 3.63) is 0 Å². The minimum Gasteiger partial charge on any atom is -0.348 e. The second kappa shape index (κ2) is 6.48. The van der Waals surface area contributed by atoms with Crippen LogP contribution < -0.4 is 0 Å². The molecule has 0 bridgehead atoms. The number of sulfonamides is 1. The summed E-state index contributed by atoms with van der Waals surface area (Å²) in [6.45, 7) is 5.42. The summed E-state index contributed by atoms with van der Waals surface area (Å²) in [7, 11) is 0.402. The molecule has 0 radical (unpaired) electrons. The molecule has 2 aliphatic heterocycles. The van der Waals surface area contributed by atoms with Gasteiger partial charge in [0.15, 0.2) is 0 Å². The fraction of sp³-hybridized carbons (Fsp3) is 0.889. The van der Waals surface area contributed by atoms with Gasteiger partial charge in [-0.3, -0.25) is 9.59 Å². The van der Waals surface area contributed by atoms with Gasteiger partial charge in [0.05, 0.1) is 11.2 Å². The summed E-state index contributed by atoms with van der Waals surface area (Å²) in [6, 6.07) is 0. The van der Waals surface area contributed by atoms with E-state index in [0.717, 1.165) is 25.7 Å². The lowest BCUT2D eigenvalue weighted by Gasteiger charge is -2.44. The molecule has 0 aromatic rings. The molecule has 0 unspecified atom stereocenters. The molecule has 0 aromatic carbocycles. The summed E-state index contributed by atoms with van der Waals surface area (Å²) < 4.78 is 26.0. The van der Waals surface area contributed by atoms with Gasteiger partial charge in [0.25, 0.3) is 0 Å². The van der Waals surface area contributed by atoms with Crippen LogP contribution in [0.2, 0.25) is 0 Å². The third-order valence-corrected chi connectivity index (χ3v) is 8.99. The van der Waals surface area contributed by atoms with Gasteiger partial charge < -0.3 is 9.80 Å². The van der Waals surface area contributed by atoms with E-state index in [0.29, 0.717) is 26.2 Å². The highest BCUT2D eigenvalue weighted by Crippen LogP contribution is 2.62. The largest absolute Gasteiger partial charge is 0.348 e. The van der Waals surface area contributed by atoms with E-state index in [1.807, 2.05) is 4.90 Å². The third-order valence-electron chi connectivity index (χ3n) is 7.11. The van der Waals surface area contributed by atoms with Crippen LogP contribution >= 0.6 is 0 Å². The van der Waals surface area contributed by atoms with E-state index >= 15 is 0 Å². The van der Waals surface area contributed by atoms with Gasteiger partial charge in [-0.05, 0) is 43.9 Å². The zero-order chi connectivity index (χ0) is 19.3. The summed E-state index contributed by atoms with van der Waals surface area (Å²) in [5, 5.41) is 0. The van der Waals surface area contributed by atoms with Crippen molar-refractivity contribution in [2.24, 2.45) is 16.7 Å². The van der Waals surface area contributed by atoms with Crippen molar-refractivity contribution in [3.8, 4) is 0 Å². The molecule has 2 amide bonds. The van der Waals surface area contributed by atoms with E-state index in [1.165, 1.54) is 0 Å². The number of hydrogen-bond acceptors (Lipinski definition) is 4. The van der Waals surface area contributed by atoms with E-state index in [9.17, 15) is 18.0 Å². The Morgan fingerprint density at radius 1 is 1.12 bits per heavy atom. The number of fused-ring (bicyclic) bond motifs is 2. The minimum absolute atomic E-state index is 0.0199. The molecule has 3 aliphatic rings. The molecule has 7 nitrogen and oxygen atoms in total. The molecule has 2 saturated heterocycles. The Morgan fingerprint density at radius 2 is 1.73 bits per heavy atom. The molecule has 26 heavy (non-hydrogen) atoms. The Bertz CT molecular complexity index is 697. The van der Waals surface area contributed by atoms with E-state index in [2.05, 4.69) is 0 Å². The SMILES string of the molecule is CCS(=O)(=O)N1CCC2(CC1)CC[C@]1(C(=O)N(C)C)CN(C(C)=O)C[C@H]21. The highest BCUT2D eigenvalue weighted by Gasteiger charge is 2.65. The van der Waals surface area contributed by atoms with Gasteiger partial charge in [0, 0.05) is 47.2 Å². The number of carbonyl (C=O) groups is 2. The molecule has 2 atom stereocenters. The van der Waals surface area contributed by atoms with Gasteiger partial charge in [-0.25, -0.2) is 12.7 Å². The first-order valence-electron chi connectivity index (χ1n) is 9.53. The first kappa shape index (κ1) is 19.6. The van der Waals surface area contributed by atoms with Crippen LogP contribution in [0.1, 0.15) is 39.5 Å². The summed E-state index contributed by atoms with van der Waals surface area (Å²) in [5.74, 6) is 0.392. The first-order valence-corrected chi connectivity index (χ1v) is 11.1. The monoisotopic (exact) mass is 385 g/mol. The molecule has 3 rings (SSSR count). The van der Waals surface area contributed by atoms with Gasteiger partial charge in [0.2, 0.25) is 21.8 Å². The molecule has 2 heterocycles. The smallest absolute Gasteiger partial charge is 0.230 e. The van der Waals surface area contributed by atoms with Gasteiger partial charge in [0.1, 0.15) is 0 Å². The maximum absolute atomic E-state index is 13.1. The van der Waals surface area contributed by atoms with E-state index in [4.69, 9.17) is 0 Å². The molecule has 1 spiro atoms. The van der Waals surface area contributed by atoms with Crippen LogP contribution in [0.5, 0.6) is 0 Å². The summed E-state index contributed by atoms with van der Waals surface area (Å²) in [5.41, 5.74) is -0.531. The first-order chi connectivity index (χ1) is 12.1. The summed E-state index contributed by atoms with van der Waals surface area (Å²) >= 11 is 0. The van der Waals surface area contributed by atoms with Crippen LogP contribution in [0.15, 0.2) is 0 Å². The van der Waals surface area contributed by atoms with Crippen LogP contribution in [0, 0.1) is 16.7 Å². The predicted molar refractivity (Wildman–Crippen MR) is 98.8 cm³/mol. The van der Waals surface area contributed by atoms with Crippen molar-refractivity contribution in [2.45, 2.75) is 39.5 Å². The van der Waals surface area contributed by atoms with Gasteiger partial charge in [-0.2, -0.15) is 0 Å². The third kappa shape index (κ3) is 2.85. The lowest BCUT2D eigenvalue weighted by Crippen LogP contribution is -2.49. The molecule has 148 valence electrons. The number of carbonyl (C=O) groups excluding carboxylic acids is 2. The second-order valence-corrected chi connectivity index (χ2v) is 10.7. The van der Waals surface area contributed by atoms with Crippen molar-refractivity contribution in [3.63, 3.8) is 0 Å². The summed E-state index contributed by atoms with van der Waals surface area (Å²) in [4.78, 5) is 28.6. The van der Waals surface area contributed by atoms with Crippen molar-refractivity contribution < 1.29 is 18.0 Å². The fourth-order valence-corrected chi connectivity index (χ4v) is 6.69. The number of piperidine rings is 1. The molecular formula is C18H31N3O4S. The number of nitrogens with zero attached hydrogens (tertiary/aromatic N) is 3. The molecule has 1 saturated carbocycles. The number of likely N-dealkylation sites (tertiary alicyclic amines) is 1. The Kier molecular flexibility index (Phi) is 4.88. The van der Waals surface area contributed by atoms with Gasteiger partial charge in [-0.15, -0.1) is 0 Å². The van der Waals surface area contributed by atoms with Crippen molar-refractivity contribution in [2.75, 3.05) is 46.0 Å². The standard InChI is InChI=1S/C18H31N3O4S/c1-5-26(24,25)21-10-8-17(9-11-21)6-7-18(16(23)19(3)4)13-20(14(2)22)12-15(17)18/h15H,5-13H2,1-4H3/t15-,18+/m1/s1. The van der Waals surface area contributed by atoms with Crippen LogP contribution in [-0.2, 0) is 19.6 Å². The summed E-state index contributed by atoms with van der Waals surface area (Å²) in [6.07, 6.45) is 3.30. The maximum Gasteiger partial charge on any atom is 0.230 e. The topological polar surface area (TPSA) is 78.0 Å². The number of rotatable bonds is 3.